The molecule has 1 rings (SSSR count). The van der Waals surface area contributed by atoms with Gasteiger partial charge in [-0.05, 0) is 0 Å². The van der Waals surface area contributed by atoms with E-state index < -0.39 is 0 Å². The molecule has 0 unspecified atom stereocenters. The van der Waals surface area contributed by atoms with Crippen molar-refractivity contribution in [3.8, 4) is 0 Å². The Bertz CT molecular complexity index is 407. The van der Waals surface area contributed by atoms with Crippen molar-refractivity contribution < 1.29 is 9.53 Å². The fraction of sp³-hybridized carbons (Fsp3) is 0.182. The van der Waals surface area contributed by atoms with Gasteiger partial charge in [0.1, 0.15) is 0 Å². The average Bonchev–Trinajstić information content (AvgIpc) is 2.65. The highest BCUT2D eigenvalue weighted by atomic mass is 79.9. The third-order valence-electron chi connectivity index (χ3n) is 1.95. The molecule has 1 heterocycles. The molecule has 0 aromatic carbocycles. The number of hydrogen-bond acceptors (Lipinski definition) is 3. The molecule has 0 N–H and O–H groups in total. The second-order valence-corrected chi connectivity index (χ2v) is 4.41. The summed E-state index contributed by atoms with van der Waals surface area (Å²) in [6.07, 6.45) is 3.38. The molecule has 0 saturated carbocycles. The largest absolute Gasteiger partial charge is 0.465 e. The average molecular weight is 287 g/mol. The van der Waals surface area contributed by atoms with Gasteiger partial charge in [-0.2, -0.15) is 0 Å². The summed E-state index contributed by atoms with van der Waals surface area (Å²) in [5, 5.41) is 0.622. The fourth-order valence-electron chi connectivity index (χ4n) is 1.29. The summed E-state index contributed by atoms with van der Waals surface area (Å²) in [4.78, 5) is 13.5. The Balaban J connectivity index is 3.43. The van der Waals surface area contributed by atoms with Gasteiger partial charge in [-0.3, -0.25) is 0 Å². The number of alkyl halides is 1. The van der Waals surface area contributed by atoms with Crippen molar-refractivity contribution in [2.45, 2.75) is 5.33 Å². The van der Waals surface area contributed by atoms with Crippen molar-refractivity contribution in [1.82, 2.24) is 0 Å². The lowest BCUT2D eigenvalue weighted by Gasteiger charge is -2.00. The van der Waals surface area contributed by atoms with Crippen LogP contribution in [0.4, 0.5) is 0 Å². The summed E-state index contributed by atoms with van der Waals surface area (Å²) in [5.74, 6) is -0.330. The number of halogens is 1. The quantitative estimate of drug-likeness (QED) is 0.623. The molecule has 0 aliphatic rings. The first-order valence-corrected chi connectivity index (χ1v) is 6.18. The molecule has 4 heteroatoms. The van der Waals surface area contributed by atoms with Gasteiger partial charge in [0, 0.05) is 20.6 Å². The highest BCUT2D eigenvalue weighted by Gasteiger charge is 2.20. The first kappa shape index (κ1) is 12.2. The molecule has 2 nitrogen and oxygen atoms in total. The highest BCUT2D eigenvalue weighted by Crippen LogP contribution is 2.32. The van der Waals surface area contributed by atoms with Crippen molar-refractivity contribution in [1.29, 1.82) is 0 Å². The maximum Gasteiger partial charge on any atom is 0.339 e. The Labute approximate surface area is 101 Å². The molecule has 0 radical (unpaired) electrons. The first-order valence-electron chi connectivity index (χ1n) is 4.24. The smallest absolute Gasteiger partial charge is 0.339 e. The van der Waals surface area contributed by atoms with Gasteiger partial charge < -0.3 is 4.74 Å². The third-order valence-corrected chi connectivity index (χ3v) is 4.08. The van der Waals surface area contributed by atoms with E-state index in [0.717, 1.165) is 15.3 Å². The monoisotopic (exact) mass is 286 g/mol. The zero-order valence-electron chi connectivity index (χ0n) is 8.38. The molecule has 1 aromatic heterocycles. The fourth-order valence-corrected chi connectivity index (χ4v) is 2.90. The van der Waals surface area contributed by atoms with Gasteiger partial charge in [0.15, 0.2) is 0 Å². The van der Waals surface area contributed by atoms with Gasteiger partial charge in [-0.1, -0.05) is 41.2 Å². The van der Waals surface area contributed by atoms with E-state index in [4.69, 9.17) is 4.74 Å². The molecule has 0 bridgehead atoms. The normalized spacial score (nSPS) is 9.73. The van der Waals surface area contributed by atoms with Crippen molar-refractivity contribution in [3.63, 3.8) is 0 Å². The number of esters is 1. The van der Waals surface area contributed by atoms with Crippen LogP contribution in [0.2, 0.25) is 0 Å². The van der Waals surface area contributed by atoms with Crippen molar-refractivity contribution >= 4 is 45.4 Å². The summed E-state index contributed by atoms with van der Waals surface area (Å²) in [6.45, 7) is 7.41. The predicted molar refractivity (Wildman–Crippen MR) is 68.5 cm³/mol. The minimum Gasteiger partial charge on any atom is -0.465 e. The Morgan fingerprint density at radius 3 is 2.60 bits per heavy atom. The van der Waals surface area contributed by atoms with Gasteiger partial charge >= 0.3 is 5.97 Å². The summed E-state index contributed by atoms with van der Waals surface area (Å²) >= 11 is 4.86. The van der Waals surface area contributed by atoms with Crippen LogP contribution in [0.25, 0.3) is 12.2 Å². The molecule has 0 atom stereocenters. The SMILES string of the molecule is C=Cc1sc(CBr)c(C(=O)OC)c1C=C. The Morgan fingerprint density at radius 2 is 2.20 bits per heavy atom. The van der Waals surface area contributed by atoms with E-state index in [2.05, 4.69) is 29.1 Å². The molecule has 1 aromatic rings. The molecule has 0 aliphatic carbocycles. The molecule has 80 valence electrons. The van der Waals surface area contributed by atoms with Crippen LogP contribution in [0.5, 0.6) is 0 Å². The summed E-state index contributed by atoms with van der Waals surface area (Å²) in [6, 6.07) is 0. The van der Waals surface area contributed by atoms with Crippen LogP contribution >= 0.6 is 27.3 Å². The van der Waals surface area contributed by atoms with Crippen LogP contribution in [0, 0.1) is 0 Å². The lowest BCUT2D eigenvalue weighted by molar-refractivity contribution is 0.0600. The van der Waals surface area contributed by atoms with Crippen LogP contribution in [0.1, 0.15) is 25.7 Å². The molecular formula is C11H11BrO2S. The Kier molecular flexibility index (Phi) is 4.29. The maximum absolute atomic E-state index is 11.6. The number of ether oxygens (including phenoxy) is 1. The van der Waals surface area contributed by atoms with Crippen LogP contribution in [-0.4, -0.2) is 13.1 Å². The number of carbonyl (C=O) groups is 1. The second-order valence-electron chi connectivity index (χ2n) is 2.71. The first-order chi connectivity index (χ1) is 7.19. The Hall–Kier alpha value is -0.870. The summed E-state index contributed by atoms with van der Waals surface area (Å²) in [7, 11) is 1.37. The zero-order chi connectivity index (χ0) is 11.4. The van der Waals surface area contributed by atoms with Crippen LogP contribution in [-0.2, 0) is 10.1 Å². The van der Waals surface area contributed by atoms with E-state index >= 15 is 0 Å². The zero-order valence-corrected chi connectivity index (χ0v) is 10.8. The lowest BCUT2D eigenvalue weighted by atomic mass is 10.1. The molecular weight excluding hydrogens is 276 g/mol. The lowest BCUT2D eigenvalue weighted by Crippen LogP contribution is -2.04. The molecule has 0 fully saturated rings. The number of methoxy groups -OCH3 is 1. The maximum atomic E-state index is 11.6. The molecule has 0 amide bonds. The standard InChI is InChI=1S/C11H11BrO2S/c1-4-7-8(5-2)15-9(6-12)10(7)11(13)14-3/h4-5H,1-2,6H2,3H3. The van der Waals surface area contributed by atoms with E-state index in [0.29, 0.717) is 10.9 Å². The minimum absolute atomic E-state index is 0.330. The summed E-state index contributed by atoms with van der Waals surface area (Å²) in [5.41, 5.74) is 1.39. The van der Waals surface area contributed by atoms with E-state index in [-0.39, 0.29) is 5.97 Å². The highest BCUT2D eigenvalue weighted by molar-refractivity contribution is 9.08. The third kappa shape index (κ3) is 2.21. The molecule has 0 aliphatic heterocycles. The van der Waals surface area contributed by atoms with Crippen molar-refractivity contribution in [3.05, 3.63) is 34.0 Å². The minimum atomic E-state index is -0.330. The van der Waals surface area contributed by atoms with Gasteiger partial charge in [-0.15, -0.1) is 11.3 Å². The molecule has 0 spiro atoms. The van der Waals surface area contributed by atoms with E-state index in [9.17, 15) is 4.79 Å². The number of thiophene rings is 1. The van der Waals surface area contributed by atoms with E-state index in [1.165, 1.54) is 18.4 Å². The van der Waals surface area contributed by atoms with Crippen LogP contribution in [0.15, 0.2) is 13.2 Å². The van der Waals surface area contributed by atoms with E-state index in [1.54, 1.807) is 12.2 Å². The van der Waals surface area contributed by atoms with Gasteiger partial charge in [0.05, 0.1) is 12.7 Å². The number of rotatable bonds is 4. The Morgan fingerprint density at radius 1 is 1.53 bits per heavy atom. The molecule has 0 saturated heterocycles. The van der Waals surface area contributed by atoms with Gasteiger partial charge in [0.2, 0.25) is 0 Å². The van der Waals surface area contributed by atoms with Crippen LogP contribution in [0.3, 0.4) is 0 Å². The second kappa shape index (κ2) is 5.28. The van der Waals surface area contributed by atoms with Crippen molar-refractivity contribution in [2.24, 2.45) is 0 Å². The topological polar surface area (TPSA) is 26.3 Å². The van der Waals surface area contributed by atoms with Gasteiger partial charge in [0.25, 0.3) is 0 Å². The molecule has 15 heavy (non-hydrogen) atoms. The van der Waals surface area contributed by atoms with Crippen molar-refractivity contribution in [2.75, 3.05) is 7.11 Å². The van der Waals surface area contributed by atoms with E-state index in [1.807, 2.05) is 0 Å². The van der Waals surface area contributed by atoms with Gasteiger partial charge in [-0.25, -0.2) is 4.79 Å². The van der Waals surface area contributed by atoms with Crippen LogP contribution < -0.4 is 0 Å². The number of hydrogen-bond donors (Lipinski definition) is 0. The summed E-state index contributed by atoms with van der Waals surface area (Å²) < 4.78 is 4.74. The predicted octanol–water partition coefficient (Wildman–Crippen LogP) is 3.72. The number of carbonyl (C=O) groups excluding carboxylic acids is 1.